The molecular weight excluding hydrogens is 167 g/mol. The van der Waals surface area contributed by atoms with Crippen molar-refractivity contribution in [1.82, 2.24) is 0 Å². The maximum atomic E-state index is 13.0. The van der Waals surface area contributed by atoms with Crippen molar-refractivity contribution in [2.75, 3.05) is 0 Å². The van der Waals surface area contributed by atoms with Gasteiger partial charge in [-0.3, -0.25) is 4.79 Å². The minimum Gasteiger partial charge on any atom is -0.294 e. The van der Waals surface area contributed by atoms with Crippen LogP contribution in [0.15, 0.2) is 24.3 Å². The lowest BCUT2D eigenvalue weighted by atomic mass is 10.0. The molecule has 1 unspecified atom stereocenters. The number of rotatable bonds is 0. The Labute approximate surface area is 76.6 Å². The number of hydrogen-bond donors (Lipinski definition) is 0. The third-order valence-corrected chi connectivity index (χ3v) is 2.45. The van der Waals surface area contributed by atoms with Crippen LogP contribution in [0.3, 0.4) is 0 Å². The molecule has 0 aliphatic heterocycles. The fourth-order valence-electron chi connectivity index (χ4n) is 1.74. The van der Waals surface area contributed by atoms with Crippen molar-refractivity contribution in [3.05, 3.63) is 35.4 Å². The van der Waals surface area contributed by atoms with Crippen molar-refractivity contribution in [2.45, 2.75) is 25.4 Å². The van der Waals surface area contributed by atoms with Crippen LogP contribution in [0.4, 0.5) is 4.39 Å². The maximum absolute atomic E-state index is 13.0. The van der Waals surface area contributed by atoms with Gasteiger partial charge in [0.15, 0.2) is 5.78 Å². The first-order valence-corrected chi connectivity index (χ1v) is 4.52. The molecule has 0 saturated carbocycles. The van der Waals surface area contributed by atoms with Crippen LogP contribution in [0, 0.1) is 0 Å². The van der Waals surface area contributed by atoms with Gasteiger partial charge in [0.2, 0.25) is 0 Å². The summed E-state index contributed by atoms with van der Waals surface area (Å²) in [5.41, 5.74) is 1.70. The topological polar surface area (TPSA) is 17.1 Å². The zero-order valence-corrected chi connectivity index (χ0v) is 7.29. The van der Waals surface area contributed by atoms with Crippen molar-refractivity contribution < 1.29 is 9.18 Å². The molecule has 0 aromatic heterocycles. The third-order valence-electron chi connectivity index (χ3n) is 2.45. The molecule has 1 atom stereocenters. The van der Waals surface area contributed by atoms with Gasteiger partial charge < -0.3 is 0 Å². The van der Waals surface area contributed by atoms with Crippen LogP contribution in [-0.2, 0) is 6.42 Å². The van der Waals surface area contributed by atoms with Crippen LogP contribution in [0.25, 0.3) is 0 Å². The Morgan fingerprint density at radius 2 is 2.08 bits per heavy atom. The molecule has 0 heterocycles. The fraction of sp³-hybridized carbons (Fsp3) is 0.364. The Bertz CT molecular complexity index is 333. The van der Waals surface area contributed by atoms with Crippen LogP contribution >= 0.6 is 0 Å². The summed E-state index contributed by atoms with van der Waals surface area (Å²) >= 11 is 0. The van der Waals surface area contributed by atoms with Crippen LogP contribution in [-0.4, -0.2) is 12.0 Å². The van der Waals surface area contributed by atoms with Crippen LogP contribution in [0.2, 0.25) is 0 Å². The standard InChI is InChI=1S/C11H11FO/c12-9-6-5-8-3-1-2-4-10(8)11(13)7-9/h1-4,9H,5-7H2. The van der Waals surface area contributed by atoms with E-state index in [1.54, 1.807) is 6.07 Å². The van der Waals surface area contributed by atoms with Crippen molar-refractivity contribution in [1.29, 1.82) is 0 Å². The molecule has 0 fully saturated rings. The van der Waals surface area contributed by atoms with E-state index < -0.39 is 6.17 Å². The number of aryl methyl sites for hydroxylation is 1. The summed E-state index contributed by atoms with van der Waals surface area (Å²) in [5, 5.41) is 0. The molecule has 1 aromatic carbocycles. The van der Waals surface area contributed by atoms with Crippen molar-refractivity contribution in [2.24, 2.45) is 0 Å². The van der Waals surface area contributed by atoms with E-state index >= 15 is 0 Å². The lowest BCUT2D eigenvalue weighted by Gasteiger charge is -2.01. The van der Waals surface area contributed by atoms with E-state index in [1.807, 2.05) is 18.2 Å². The predicted molar refractivity (Wildman–Crippen MR) is 48.6 cm³/mol. The average Bonchev–Trinajstić information content (AvgIpc) is 2.27. The van der Waals surface area contributed by atoms with E-state index in [9.17, 15) is 9.18 Å². The first-order valence-electron chi connectivity index (χ1n) is 4.52. The molecule has 0 N–H and O–H groups in total. The predicted octanol–water partition coefficient (Wildman–Crippen LogP) is 2.54. The molecule has 1 aliphatic carbocycles. The number of fused-ring (bicyclic) bond motifs is 1. The second-order valence-electron chi connectivity index (χ2n) is 3.42. The molecule has 1 aromatic rings. The highest BCUT2D eigenvalue weighted by molar-refractivity contribution is 5.98. The van der Waals surface area contributed by atoms with Gasteiger partial charge in [-0.1, -0.05) is 24.3 Å². The first kappa shape index (κ1) is 8.42. The molecule has 0 radical (unpaired) electrons. The van der Waals surface area contributed by atoms with Crippen LogP contribution < -0.4 is 0 Å². The number of benzene rings is 1. The third kappa shape index (κ3) is 1.62. The van der Waals surface area contributed by atoms with Crippen LogP contribution in [0.5, 0.6) is 0 Å². The van der Waals surface area contributed by atoms with Gasteiger partial charge >= 0.3 is 0 Å². The molecule has 68 valence electrons. The molecule has 13 heavy (non-hydrogen) atoms. The Balaban J connectivity index is 2.40. The maximum Gasteiger partial charge on any atom is 0.166 e. The summed E-state index contributed by atoms with van der Waals surface area (Å²) in [6.45, 7) is 0. The van der Waals surface area contributed by atoms with Crippen molar-refractivity contribution in [3.63, 3.8) is 0 Å². The second kappa shape index (κ2) is 3.29. The number of hydrogen-bond acceptors (Lipinski definition) is 1. The molecule has 0 amide bonds. The molecule has 2 rings (SSSR count). The van der Waals surface area contributed by atoms with Crippen LogP contribution in [0.1, 0.15) is 28.8 Å². The SMILES string of the molecule is O=C1CC(F)CCc2ccccc21. The Morgan fingerprint density at radius 1 is 1.31 bits per heavy atom. The number of carbonyl (C=O) groups excluding carboxylic acids is 1. The van der Waals surface area contributed by atoms with Gasteiger partial charge in [-0.25, -0.2) is 4.39 Å². The number of halogens is 1. The highest BCUT2D eigenvalue weighted by atomic mass is 19.1. The van der Waals surface area contributed by atoms with Gasteiger partial charge in [0.05, 0.1) is 0 Å². The summed E-state index contributed by atoms with van der Waals surface area (Å²) in [4.78, 5) is 11.5. The van der Waals surface area contributed by atoms with Gasteiger partial charge in [-0.15, -0.1) is 0 Å². The van der Waals surface area contributed by atoms with E-state index in [0.717, 1.165) is 5.56 Å². The quantitative estimate of drug-likeness (QED) is 0.558. The van der Waals surface area contributed by atoms with Crippen molar-refractivity contribution in [3.8, 4) is 0 Å². The normalized spacial score (nSPS) is 22.2. The summed E-state index contributed by atoms with van der Waals surface area (Å²) in [5.74, 6) is -0.0550. The highest BCUT2D eigenvalue weighted by Crippen LogP contribution is 2.21. The minimum atomic E-state index is -0.958. The molecule has 0 spiro atoms. The molecule has 1 nitrogen and oxygen atoms in total. The summed E-state index contributed by atoms with van der Waals surface area (Å²) < 4.78 is 13.0. The van der Waals surface area contributed by atoms with Gasteiger partial charge in [0, 0.05) is 12.0 Å². The number of Topliss-reactive ketones (excluding diaryl/α,β-unsaturated/α-hetero) is 1. The van der Waals surface area contributed by atoms with Gasteiger partial charge in [-0.2, -0.15) is 0 Å². The largest absolute Gasteiger partial charge is 0.294 e. The summed E-state index contributed by atoms with van der Waals surface area (Å²) in [6.07, 6.45) is 0.253. The van der Waals surface area contributed by atoms with E-state index in [2.05, 4.69) is 0 Å². The number of ketones is 1. The molecule has 0 bridgehead atoms. The van der Waals surface area contributed by atoms with Crippen molar-refractivity contribution >= 4 is 5.78 Å². The summed E-state index contributed by atoms with van der Waals surface area (Å²) in [7, 11) is 0. The molecule has 0 saturated heterocycles. The van der Waals surface area contributed by atoms with E-state index in [-0.39, 0.29) is 12.2 Å². The first-order chi connectivity index (χ1) is 6.27. The monoisotopic (exact) mass is 178 g/mol. The lowest BCUT2D eigenvalue weighted by molar-refractivity contribution is 0.0950. The van der Waals surface area contributed by atoms with Gasteiger partial charge in [0.25, 0.3) is 0 Å². The minimum absolute atomic E-state index is 0.0526. The highest BCUT2D eigenvalue weighted by Gasteiger charge is 2.21. The number of carbonyl (C=O) groups is 1. The van der Waals surface area contributed by atoms with Gasteiger partial charge in [0.1, 0.15) is 6.17 Å². The van der Waals surface area contributed by atoms with E-state index in [4.69, 9.17) is 0 Å². The number of alkyl halides is 1. The van der Waals surface area contributed by atoms with Gasteiger partial charge in [-0.05, 0) is 18.4 Å². The fourth-order valence-corrected chi connectivity index (χ4v) is 1.74. The Morgan fingerprint density at radius 3 is 2.92 bits per heavy atom. The zero-order chi connectivity index (χ0) is 9.26. The Kier molecular flexibility index (Phi) is 2.13. The average molecular weight is 178 g/mol. The van der Waals surface area contributed by atoms with E-state index in [1.165, 1.54) is 0 Å². The molecule has 1 aliphatic rings. The molecular formula is C11H11FO. The zero-order valence-electron chi connectivity index (χ0n) is 7.29. The lowest BCUT2D eigenvalue weighted by Crippen LogP contribution is -2.05. The van der Waals surface area contributed by atoms with E-state index in [0.29, 0.717) is 18.4 Å². The summed E-state index contributed by atoms with van der Waals surface area (Å²) in [6, 6.07) is 7.42. The second-order valence-corrected chi connectivity index (χ2v) is 3.42. The molecule has 2 heteroatoms. The smallest absolute Gasteiger partial charge is 0.166 e. The Hall–Kier alpha value is -1.18.